The molecule has 2 aliphatic heterocycles. The van der Waals surface area contributed by atoms with E-state index in [1.807, 2.05) is 42.5 Å². The highest BCUT2D eigenvalue weighted by Crippen LogP contribution is 2.31. The highest BCUT2D eigenvalue weighted by atomic mass is 16.2. The van der Waals surface area contributed by atoms with Crippen LogP contribution < -0.4 is 10.2 Å². The third-order valence-electron chi connectivity index (χ3n) is 6.54. The van der Waals surface area contributed by atoms with Gasteiger partial charge in [-0.3, -0.25) is 9.59 Å². The fraction of sp³-hybridized carbons (Fsp3) is 0.259. The molecule has 2 amide bonds. The summed E-state index contributed by atoms with van der Waals surface area (Å²) in [5.74, 6) is -1.01. The van der Waals surface area contributed by atoms with E-state index >= 15 is 0 Å². The molecule has 32 heavy (non-hydrogen) atoms. The van der Waals surface area contributed by atoms with Gasteiger partial charge >= 0.3 is 11.8 Å². The van der Waals surface area contributed by atoms with Crippen molar-refractivity contribution in [2.45, 2.75) is 31.8 Å². The summed E-state index contributed by atoms with van der Waals surface area (Å²) in [4.78, 5) is 29.7. The molecule has 1 N–H and O–H groups in total. The van der Waals surface area contributed by atoms with Crippen LogP contribution in [0.1, 0.15) is 23.1 Å². The SMILES string of the molecule is O=C(Nc1ccccc1N1CCc2ccccc2C1)C(=O)N1CCC1Cc1ccccc1. The maximum atomic E-state index is 12.9. The average Bonchev–Trinajstić information content (AvgIpc) is 2.82. The van der Waals surface area contributed by atoms with Crippen molar-refractivity contribution in [2.24, 2.45) is 0 Å². The van der Waals surface area contributed by atoms with Crippen LogP contribution in [0.15, 0.2) is 78.9 Å². The van der Waals surface area contributed by atoms with Gasteiger partial charge in [-0.05, 0) is 48.1 Å². The lowest BCUT2D eigenvalue weighted by molar-refractivity contribution is -0.148. The van der Waals surface area contributed by atoms with Crippen molar-refractivity contribution in [2.75, 3.05) is 23.3 Å². The maximum Gasteiger partial charge on any atom is 0.313 e. The lowest BCUT2D eigenvalue weighted by Crippen LogP contribution is -2.55. The second-order valence-corrected chi connectivity index (χ2v) is 8.54. The van der Waals surface area contributed by atoms with E-state index < -0.39 is 11.8 Å². The van der Waals surface area contributed by atoms with Crippen LogP contribution in [0.3, 0.4) is 0 Å². The first kappa shape index (κ1) is 20.3. The Hall–Kier alpha value is -3.60. The monoisotopic (exact) mass is 425 g/mol. The summed E-state index contributed by atoms with van der Waals surface area (Å²) in [7, 11) is 0. The first-order chi connectivity index (χ1) is 15.7. The number of carbonyl (C=O) groups is 2. The number of likely N-dealkylation sites (tertiary alicyclic amines) is 1. The number of rotatable bonds is 4. The fourth-order valence-corrected chi connectivity index (χ4v) is 4.67. The van der Waals surface area contributed by atoms with Gasteiger partial charge in [-0.2, -0.15) is 0 Å². The summed E-state index contributed by atoms with van der Waals surface area (Å²) < 4.78 is 0. The van der Waals surface area contributed by atoms with Crippen molar-refractivity contribution in [3.8, 4) is 0 Å². The third-order valence-corrected chi connectivity index (χ3v) is 6.54. The number of hydrogen-bond donors (Lipinski definition) is 1. The van der Waals surface area contributed by atoms with Crippen LogP contribution in [0.5, 0.6) is 0 Å². The Bertz CT molecular complexity index is 1130. The molecule has 0 saturated carbocycles. The van der Waals surface area contributed by atoms with Crippen molar-refractivity contribution >= 4 is 23.2 Å². The average molecular weight is 426 g/mol. The van der Waals surface area contributed by atoms with Crippen molar-refractivity contribution in [3.63, 3.8) is 0 Å². The minimum absolute atomic E-state index is 0.0875. The largest absolute Gasteiger partial charge is 0.365 e. The molecule has 5 rings (SSSR count). The zero-order valence-corrected chi connectivity index (χ0v) is 18.0. The van der Waals surface area contributed by atoms with E-state index in [0.29, 0.717) is 12.2 Å². The standard InChI is InChI=1S/C27H27N3O2/c31-26(27(32)30-17-15-23(30)18-20-8-2-1-3-9-20)28-24-12-6-7-13-25(24)29-16-14-21-10-4-5-11-22(21)19-29/h1-13,23H,14-19H2,(H,28,31). The number of carbonyl (C=O) groups excluding carboxylic acids is 2. The van der Waals surface area contributed by atoms with Crippen molar-refractivity contribution in [1.82, 2.24) is 4.90 Å². The highest BCUT2D eigenvalue weighted by Gasteiger charge is 2.35. The molecule has 5 heteroatoms. The zero-order chi connectivity index (χ0) is 21.9. The van der Waals surface area contributed by atoms with Gasteiger partial charge in [0.1, 0.15) is 0 Å². The molecule has 0 bridgehead atoms. The molecule has 0 spiro atoms. The van der Waals surface area contributed by atoms with E-state index in [1.165, 1.54) is 16.7 Å². The summed E-state index contributed by atoms with van der Waals surface area (Å²) in [6.07, 6.45) is 2.67. The van der Waals surface area contributed by atoms with E-state index in [9.17, 15) is 9.59 Å². The number of benzene rings is 3. The molecule has 2 aliphatic rings. The van der Waals surface area contributed by atoms with Crippen LogP contribution >= 0.6 is 0 Å². The van der Waals surface area contributed by atoms with Gasteiger partial charge in [0.15, 0.2) is 0 Å². The summed E-state index contributed by atoms with van der Waals surface area (Å²) >= 11 is 0. The molecule has 5 nitrogen and oxygen atoms in total. The van der Waals surface area contributed by atoms with Gasteiger partial charge in [-0.25, -0.2) is 0 Å². The Kier molecular flexibility index (Phi) is 5.63. The Labute approximate surface area is 188 Å². The number of hydrogen-bond acceptors (Lipinski definition) is 3. The Morgan fingerprint density at radius 1 is 0.844 bits per heavy atom. The molecule has 3 aromatic carbocycles. The Morgan fingerprint density at radius 3 is 2.34 bits per heavy atom. The quantitative estimate of drug-likeness (QED) is 0.642. The van der Waals surface area contributed by atoms with Gasteiger partial charge in [-0.1, -0.05) is 66.7 Å². The van der Waals surface area contributed by atoms with E-state index in [4.69, 9.17) is 0 Å². The minimum atomic E-state index is -0.562. The maximum absolute atomic E-state index is 12.9. The molecular weight excluding hydrogens is 398 g/mol. The van der Waals surface area contributed by atoms with E-state index in [1.54, 1.807) is 4.90 Å². The van der Waals surface area contributed by atoms with Crippen LogP contribution in [0.25, 0.3) is 0 Å². The molecule has 3 aromatic rings. The van der Waals surface area contributed by atoms with Crippen LogP contribution in [-0.2, 0) is 29.0 Å². The van der Waals surface area contributed by atoms with Gasteiger partial charge in [0, 0.05) is 25.7 Å². The van der Waals surface area contributed by atoms with Crippen LogP contribution in [0.2, 0.25) is 0 Å². The normalized spacial score (nSPS) is 17.3. The molecule has 1 fully saturated rings. The second kappa shape index (κ2) is 8.87. The summed E-state index contributed by atoms with van der Waals surface area (Å²) in [5.41, 5.74) is 5.51. The minimum Gasteiger partial charge on any atom is -0.365 e. The molecule has 1 unspecified atom stereocenters. The smallest absolute Gasteiger partial charge is 0.313 e. The highest BCUT2D eigenvalue weighted by molar-refractivity contribution is 6.40. The molecule has 0 aliphatic carbocycles. The lowest BCUT2D eigenvalue weighted by Gasteiger charge is -2.40. The van der Waals surface area contributed by atoms with Crippen LogP contribution in [0.4, 0.5) is 11.4 Å². The molecule has 2 heterocycles. The van der Waals surface area contributed by atoms with Crippen LogP contribution in [0, 0.1) is 0 Å². The van der Waals surface area contributed by atoms with Gasteiger partial charge in [-0.15, -0.1) is 0 Å². The number of nitrogens with zero attached hydrogens (tertiary/aromatic N) is 2. The predicted molar refractivity (Wildman–Crippen MR) is 127 cm³/mol. The second-order valence-electron chi connectivity index (χ2n) is 8.54. The van der Waals surface area contributed by atoms with E-state index in [0.717, 1.165) is 38.0 Å². The molecule has 0 aromatic heterocycles. The van der Waals surface area contributed by atoms with E-state index in [2.05, 4.69) is 46.6 Å². The summed E-state index contributed by atoms with van der Waals surface area (Å²) in [6.45, 7) is 2.31. The molecule has 0 radical (unpaired) electrons. The molecule has 1 atom stereocenters. The first-order valence-corrected chi connectivity index (χ1v) is 11.3. The number of fused-ring (bicyclic) bond motifs is 1. The Morgan fingerprint density at radius 2 is 1.56 bits per heavy atom. The topological polar surface area (TPSA) is 52.7 Å². The van der Waals surface area contributed by atoms with Gasteiger partial charge < -0.3 is 15.1 Å². The lowest BCUT2D eigenvalue weighted by atomic mass is 9.95. The van der Waals surface area contributed by atoms with Crippen molar-refractivity contribution < 1.29 is 9.59 Å². The zero-order valence-electron chi connectivity index (χ0n) is 18.0. The van der Waals surface area contributed by atoms with Crippen molar-refractivity contribution in [3.05, 3.63) is 95.6 Å². The Balaban J connectivity index is 1.27. The summed E-state index contributed by atoms with van der Waals surface area (Å²) in [6, 6.07) is 26.4. The first-order valence-electron chi connectivity index (χ1n) is 11.3. The number of para-hydroxylation sites is 2. The van der Waals surface area contributed by atoms with Gasteiger partial charge in [0.2, 0.25) is 0 Å². The predicted octanol–water partition coefficient (Wildman–Crippen LogP) is 4.03. The van der Waals surface area contributed by atoms with Crippen LogP contribution in [-0.4, -0.2) is 35.8 Å². The molecule has 162 valence electrons. The number of anilines is 2. The molecular formula is C27H27N3O2. The number of nitrogens with one attached hydrogen (secondary N) is 1. The van der Waals surface area contributed by atoms with Crippen molar-refractivity contribution in [1.29, 1.82) is 0 Å². The number of amides is 2. The third kappa shape index (κ3) is 4.11. The fourth-order valence-electron chi connectivity index (χ4n) is 4.67. The van der Waals surface area contributed by atoms with E-state index in [-0.39, 0.29) is 6.04 Å². The van der Waals surface area contributed by atoms with Gasteiger partial charge in [0.25, 0.3) is 0 Å². The van der Waals surface area contributed by atoms with Gasteiger partial charge in [0.05, 0.1) is 11.4 Å². The molecule has 1 saturated heterocycles. The summed E-state index contributed by atoms with van der Waals surface area (Å²) in [5, 5.41) is 2.89.